The molecule has 1 N–H and O–H groups in total. The molecular weight excluding hydrogens is 255 g/mol. The summed E-state index contributed by atoms with van der Waals surface area (Å²) >= 11 is -1.19. The Labute approximate surface area is 84.3 Å². The minimum absolute atomic E-state index is 0.466. The van der Waals surface area contributed by atoms with Gasteiger partial charge in [-0.1, -0.05) is 0 Å². The van der Waals surface area contributed by atoms with Gasteiger partial charge in [-0.3, -0.25) is 0 Å². The van der Waals surface area contributed by atoms with Gasteiger partial charge in [-0.25, -0.2) is 0 Å². The second kappa shape index (κ2) is 9.84. The first-order valence-electron chi connectivity index (χ1n) is 5.46. The SMILES string of the molecule is CCC[CH2][SnH]([CH2]CO)[CH2]CCC. The third-order valence-electron chi connectivity index (χ3n) is 2.47. The summed E-state index contributed by atoms with van der Waals surface area (Å²) in [6, 6.07) is 0. The van der Waals surface area contributed by atoms with E-state index in [9.17, 15) is 0 Å². The minimum atomic E-state index is -1.19. The van der Waals surface area contributed by atoms with Crippen molar-refractivity contribution in [1.29, 1.82) is 0 Å². The molecule has 0 fully saturated rings. The van der Waals surface area contributed by atoms with Crippen LogP contribution in [0.1, 0.15) is 39.5 Å². The third kappa shape index (κ3) is 7.41. The average molecular weight is 279 g/mol. The Bertz CT molecular complexity index is 77.9. The summed E-state index contributed by atoms with van der Waals surface area (Å²) in [6.07, 6.45) is 5.52. The molecule has 0 amide bonds. The predicted molar refractivity (Wildman–Crippen MR) is 58.5 cm³/mol. The molecule has 0 rings (SSSR count). The number of hydrogen-bond acceptors (Lipinski definition) is 1. The topological polar surface area (TPSA) is 20.2 Å². The Morgan fingerprint density at radius 2 is 1.42 bits per heavy atom. The van der Waals surface area contributed by atoms with Crippen LogP contribution in [-0.4, -0.2) is 31.5 Å². The fourth-order valence-electron chi connectivity index (χ4n) is 1.60. The summed E-state index contributed by atoms with van der Waals surface area (Å²) in [7, 11) is 0. The molecule has 2 heteroatoms. The molecule has 0 aromatic heterocycles. The van der Waals surface area contributed by atoms with Gasteiger partial charge in [0.2, 0.25) is 0 Å². The Morgan fingerprint density at radius 1 is 0.917 bits per heavy atom. The van der Waals surface area contributed by atoms with Crippen LogP contribution < -0.4 is 0 Å². The summed E-state index contributed by atoms with van der Waals surface area (Å²) in [5.41, 5.74) is 0. The summed E-state index contributed by atoms with van der Waals surface area (Å²) in [4.78, 5) is 0. The van der Waals surface area contributed by atoms with Gasteiger partial charge in [0, 0.05) is 0 Å². The quantitative estimate of drug-likeness (QED) is 0.677. The summed E-state index contributed by atoms with van der Waals surface area (Å²) in [5, 5.41) is 8.89. The molecule has 0 aromatic carbocycles. The molecule has 0 bridgehead atoms. The van der Waals surface area contributed by atoms with Crippen LogP contribution >= 0.6 is 0 Å². The Hall–Kier alpha value is 0.759. The van der Waals surface area contributed by atoms with Gasteiger partial charge in [0.25, 0.3) is 0 Å². The van der Waals surface area contributed by atoms with Gasteiger partial charge in [-0.2, -0.15) is 0 Å². The van der Waals surface area contributed by atoms with E-state index in [1.165, 1.54) is 39.0 Å². The van der Waals surface area contributed by atoms with Crippen molar-refractivity contribution in [3.8, 4) is 0 Å². The molecule has 0 heterocycles. The number of aliphatic hydroxyl groups is 1. The molecule has 0 aromatic rings. The van der Waals surface area contributed by atoms with Crippen molar-refractivity contribution in [1.82, 2.24) is 0 Å². The van der Waals surface area contributed by atoms with Crippen molar-refractivity contribution in [2.24, 2.45) is 0 Å². The van der Waals surface area contributed by atoms with Gasteiger partial charge >= 0.3 is 84.3 Å². The zero-order valence-corrected chi connectivity index (χ0v) is 12.0. The van der Waals surface area contributed by atoms with Crippen molar-refractivity contribution in [2.75, 3.05) is 6.61 Å². The number of aliphatic hydroxyl groups excluding tert-OH is 1. The zero-order valence-electron chi connectivity index (χ0n) is 8.68. The Balaban J connectivity index is 3.40. The van der Waals surface area contributed by atoms with Crippen LogP contribution in [-0.2, 0) is 0 Å². The average Bonchev–Trinajstić information content (AvgIpc) is 2.10. The predicted octanol–water partition coefficient (Wildman–Crippen LogP) is 2.81. The number of hydrogen-bond donors (Lipinski definition) is 1. The molecule has 12 heavy (non-hydrogen) atoms. The van der Waals surface area contributed by atoms with E-state index in [1.807, 2.05) is 0 Å². The first-order valence-corrected chi connectivity index (χ1v) is 12.4. The van der Waals surface area contributed by atoms with Gasteiger partial charge in [0.1, 0.15) is 0 Å². The normalized spacial score (nSPS) is 11.0. The van der Waals surface area contributed by atoms with E-state index in [4.69, 9.17) is 5.11 Å². The molecule has 0 spiro atoms. The maximum absolute atomic E-state index is 8.89. The van der Waals surface area contributed by atoms with E-state index in [2.05, 4.69) is 13.8 Å². The molecule has 0 aliphatic heterocycles. The van der Waals surface area contributed by atoms with Crippen molar-refractivity contribution in [2.45, 2.75) is 52.8 Å². The third-order valence-corrected chi connectivity index (χ3v) is 12.5. The van der Waals surface area contributed by atoms with Crippen molar-refractivity contribution in [3.63, 3.8) is 0 Å². The van der Waals surface area contributed by atoms with E-state index in [1.54, 1.807) is 0 Å². The van der Waals surface area contributed by atoms with Crippen LogP contribution in [0.25, 0.3) is 0 Å². The first kappa shape index (κ1) is 12.8. The zero-order chi connectivity index (χ0) is 9.23. The van der Waals surface area contributed by atoms with Crippen molar-refractivity contribution < 1.29 is 5.11 Å². The Morgan fingerprint density at radius 3 is 1.75 bits per heavy atom. The fourth-order valence-corrected chi connectivity index (χ4v) is 10.7. The van der Waals surface area contributed by atoms with E-state index in [0.29, 0.717) is 6.61 Å². The summed E-state index contributed by atoms with van der Waals surface area (Å²) in [6.45, 7) is 5.00. The molecule has 0 saturated heterocycles. The first-order chi connectivity index (χ1) is 5.85. The van der Waals surface area contributed by atoms with Crippen LogP contribution in [0, 0.1) is 0 Å². The molecule has 0 aliphatic rings. The number of unbranched alkanes of at least 4 members (excludes halogenated alkanes) is 2. The van der Waals surface area contributed by atoms with E-state index < -0.39 is 19.8 Å². The molecule has 0 aliphatic carbocycles. The van der Waals surface area contributed by atoms with Crippen LogP contribution in [0.5, 0.6) is 0 Å². The maximum atomic E-state index is 8.89. The van der Waals surface area contributed by atoms with E-state index >= 15 is 0 Å². The van der Waals surface area contributed by atoms with Crippen molar-refractivity contribution >= 4 is 19.8 Å². The molecule has 1 nitrogen and oxygen atoms in total. The van der Waals surface area contributed by atoms with Gasteiger partial charge < -0.3 is 0 Å². The van der Waals surface area contributed by atoms with Gasteiger partial charge in [0.05, 0.1) is 0 Å². The standard InChI is InChI=1S/2C4H9.C2H5O.Sn.H/c2*1-3-4-2;1-2-3;;/h2*1,3-4H2,2H3;3H,1-2H2;;. The second-order valence-electron chi connectivity index (χ2n) is 3.66. The number of rotatable bonds is 8. The summed E-state index contributed by atoms with van der Waals surface area (Å²) in [5.74, 6) is 0. The van der Waals surface area contributed by atoms with Crippen LogP contribution in [0.15, 0.2) is 0 Å². The second-order valence-corrected chi connectivity index (χ2v) is 13.5. The van der Waals surface area contributed by atoms with Gasteiger partial charge in [-0.15, -0.1) is 0 Å². The fraction of sp³-hybridized carbons (Fsp3) is 1.00. The Kier molecular flexibility index (Phi) is 10.5. The van der Waals surface area contributed by atoms with E-state index in [-0.39, 0.29) is 0 Å². The molecule has 0 radical (unpaired) electrons. The van der Waals surface area contributed by atoms with Gasteiger partial charge in [0.15, 0.2) is 0 Å². The molecule has 0 saturated carbocycles. The molecule has 0 atom stereocenters. The molecule has 0 unspecified atom stereocenters. The van der Waals surface area contributed by atoms with Crippen LogP contribution in [0.3, 0.4) is 0 Å². The van der Waals surface area contributed by atoms with E-state index in [0.717, 1.165) is 0 Å². The van der Waals surface area contributed by atoms with Crippen molar-refractivity contribution in [3.05, 3.63) is 0 Å². The monoisotopic (exact) mass is 280 g/mol. The summed E-state index contributed by atoms with van der Waals surface area (Å²) < 4.78 is 4.28. The van der Waals surface area contributed by atoms with Crippen LogP contribution in [0.4, 0.5) is 0 Å². The van der Waals surface area contributed by atoms with Gasteiger partial charge in [-0.05, 0) is 0 Å². The molecular formula is C10H24OSn. The molecule has 74 valence electrons. The van der Waals surface area contributed by atoms with Crippen LogP contribution in [0.2, 0.25) is 13.3 Å².